The number of ether oxygens (including phenoxy) is 1. The van der Waals surface area contributed by atoms with Crippen LogP contribution in [-0.2, 0) is 4.79 Å². The number of benzene rings is 1. The Bertz CT molecular complexity index is 449. The molecule has 0 aromatic heterocycles. The Morgan fingerprint density at radius 3 is 2.43 bits per heavy atom. The maximum atomic E-state index is 12.2. The molecule has 0 bridgehead atoms. The van der Waals surface area contributed by atoms with Gasteiger partial charge in [-0.1, -0.05) is 51.9 Å². The van der Waals surface area contributed by atoms with Crippen molar-refractivity contribution in [1.29, 1.82) is 0 Å². The number of unbranched alkanes of at least 4 members (excludes halogenated alkanes) is 4. The van der Waals surface area contributed by atoms with E-state index in [4.69, 9.17) is 4.74 Å². The lowest BCUT2D eigenvalue weighted by atomic mass is 9.88. The van der Waals surface area contributed by atoms with Crippen molar-refractivity contribution >= 4 is 11.6 Å². The van der Waals surface area contributed by atoms with E-state index < -0.39 is 0 Å². The fraction of sp³-hybridized carbons (Fsp3) is 0.650. The lowest BCUT2D eigenvalue weighted by Gasteiger charge is -2.20. The molecule has 0 aliphatic heterocycles. The zero-order valence-corrected chi connectivity index (χ0v) is 14.5. The smallest absolute Gasteiger partial charge is 0.227 e. The van der Waals surface area contributed by atoms with Gasteiger partial charge in [0.15, 0.2) is 0 Å². The number of carbonyl (C=O) groups excluding carboxylic acids is 1. The molecule has 1 saturated carbocycles. The molecule has 23 heavy (non-hydrogen) atoms. The van der Waals surface area contributed by atoms with Crippen molar-refractivity contribution < 1.29 is 9.53 Å². The molecule has 1 aliphatic rings. The van der Waals surface area contributed by atoms with E-state index in [-0.39, 0.29) is 11.8 Å². The van der Waals surface area contributed by atoms with Gasteiger partial charge in [0.25, 0.3) is 0 Å². The van der Waals surface area contributed by atoms with Gasteiger partial charge in [0, 0.05) is 11.6 Å². The van der Waals surface area contributed by atoms with Crippen molar-refractivity contribution in [3.63, 3.8) is 0 Å². The van der Waals surface area contributed by atoms with E-state index in [0.29, 0.717) is 0 Å². The first-order chi connectivity index (χ1) is 11.3. The highest BCUT2D eigenvalue weighted by molar-refractivity contribution is 5.92. The van der Waals surface area contributed by atoms with Gasteiger partial charge in [0.1, 0.15) is 5.75 Å². The zero-order valence-electron chi connectivity index (χ0n) is 14.5. The van der Waals surface area contributed by atoms with Gasteiger partial charge in [-0.3, -0.25) is 4.79 Å². The Kier molecular flexibility index (Phi) is 7.99. The Balaban J connectivity index is 1.68. The first-order valence-electron chi connectivity index (χ1n) is 9.33. The van der Waals surface area contributed by atoms with Crippen LogP contribution < -0.4 is 10.1 Å². The van der Waals surface area contributed by atoms with Crippen LogP contribution in [0.15, 0.2) is 24.3 Å². The summed E-state index contributed by atoms with van der Waals surface area (Å²) in [6.07, 6.45) is 11.9. The number of rotatable bonds is 9. The molecule has 1 fully saturated rings. The monoisotopic (exact) mass is 317 g/mol. The second-order valence-corrected chi connectivity index (χ2v) is 6.61. The molecule has 1 aliphatic carbocycles. The zero-order chi connectivity index (χ0) is 16.3. The lowest BCUT2D eigenvalue weighted by molar-refractivity contribution is -0.120. The van der Waals surface area contributed by atoms with Gasteiger partial charge in [-0.15, -0.1) is 0 Å². The molecule has 3 heteroatoms. The topological polar surface area (TPSA) is 38.3 Å². The molecule has 0 spiro atoms. The number of hydrogen-bond acceptors (Lipinski definition) is 2. The van der Waals surface area contributed by atoms with Gasteiger partial charge < -0.3 is 10.1 Å². The summed E-state index contributed by atoms with van der Waals surface area (Å²) < 4.78 is 5.75. The van der Waals surface area contributed by atoms with Crippen LogP contribution in [0.3, 0.4) is 0 Å². The van der Waals surface area contributed by atoms with Crippen molar-refractivity contribution in [2.75, 3.05) is 11.9 Å². The van der Waals surface area contributed by atoms with Crippen LogP contribution in [-0.4, -0.2) is 12.5 Å². The molecule has 0 heterocycles. The predicted octanol–water partition coefficient (Wildman–Crippen LogP) is 5.55. The largest absolute Gasteiger partial charge is 0.494 e. The number of nitrogens with one attached hydrogen (secondary N) is 1. The summed E-state index contributed by atoms with van der Waals surface area (Å²) >= 11 is 0. The first kappa shape index (κ1) is 17.8. The van der Waals surface area contributed by atoms with Gasteiger partial charge in [-0.05, 0) is 43.5 Å². The molecule has 0 unspecified atom stereocenters. The van der Waals surface area contributed by atoms with E-state index in [1.54, 1.807) is 0 Å². The summed E-state index contributed by atoms with van der Waals surface area (Å²) in [6, 6.07) is 7.77. The summed E-state index contributed by atoms with van der Waals surface area (Å²) in [7, 11) is 0. The van der Waals surface area contributed by atoms with Gasteiger partial charge >= 0.3 is 0 Å². The van der Waals surface area contributed by atoms with Crippen LogP contribution in [0.2, 0.25) is 0 Å². The molecular formula is C20H31NO2. The first-order valence-corrected chi connectivity index (χ1v) is 9.33. The van der Waals surface area contributed by atoms with Crippen molar-refractivity contribution in [2.24, 2.45) is 5.92 Å². The maximum absolute atomic E-state index is 12.2. The summed E-state index contributed by atoms with van der Waals surface area (Å²) in [5, 5.41) is 3.03. The average Bonchev–Trinajstić information content (AvgIpc) is 2.60. The normalized spacial score (nSPS) is 15.3. The van der Waals surface area contributed by atoms with E-state index >= 15 is 0 Å². The van der Waals surface area contributed by atoms with Crippen molar-refractivity contribution in [1.82, 2.24) is 0 Å². The Hall–Kier alpha value is -1.51. The number of carbonyl (C=O) groups is 1. The molecule has 0 saturated heterocycles. The lowest BCUT2D eigenvalue weighted by Crippen LogP contribution is -2.24. The Labute approximate surface area is 140 Å². The number of amides is 1. The van der Waals surface area contributed by atoms with E-state index in [9.17, 15) is 4.79 Å². The summed E-state index contributed by atoms with van der Waals surface area (Å²) in [5.41, 5.74) is 0.871. The second kappa shape index (κ2) is 10.3. The fourth-order valence-corrected chi connectivity index (χ4v) is 3.14. The summed E-state index contributed by atoms with van der Waals surface area (Å²) in [5.74, 6) is 1.26. The van der Waals surface area contributed by atoms with E-state index in [0.717, 1.165) is 37.3 Å². The van der Waals surface area contributed by atoms with Crippen LogP contribution in [0.5, 0.6) is 5.75 Å². The van der Waals surface area contributed by atoms with Crippen LogP contribution in [0.4, 0.5) is 5.69 Å². The highest BCUT2D eigenvalue weighted by atomic mass is 16.5. The molecular weight excluding hydrogens is 286 g/mol. The predicted molar refractivity (Wildman–Crippen MR) is 95.9 cm³/mol. The molecule has 128 valence electrons. The minimum Gasteiger partial charge on any atom is -0.494 e. The van der Waals surface area contributed by atoms with Gasteiger partial charge in [-0.25, -0.2) is 0 Å². The third-order valence-corrected chi connectivity index (χ3v) is 4.61. The Morgan fingerprint density at radius 2 is 1.74 bits per heavy atom. The average molecular weight is 317 g/mol. The number of hydrogen-bond donors (Lipinski definition) is 1. The van der Waals surface area contributed by atoms with E-state index in [2.05, 4.69) is 12.2 Å². The third-order valence-electron chi connectivity index (χ3n) is 4.61. The Morgan fingerprint density at radius 1 is 1.04 bits per heavy atom. The maximum Gasteiger partial charge on any atom is 0.227 e. The van der Waals surface area contributed by atoms with Crippen molar-refractivity contribution in [3.8, 4) is 5.75 Å². The van der Waals surface area contributed by atoms with Gasteiger partial charge in [0.05, 0.1) is 6.61 Å². The summed E-state index contributed by atoms with van der Waals surface area (Å²) in [4.78, 5) is 12.2. The quantitative estimate of drug-likeness (QED) is 0.606. The molecule has 1 N–H and O–H groups in total. The molecule has 2 rings (SSSR count). The van der Waals surface area contributed by atoms with Crippen LogP contribution in [0.1, 0.15) is 71.1 Å². The van der Waals surface area contributed by atoms with Crippen LogP contribution >= 0.6 is 0 Å². The van der Waals surface area contributed by atoms with E-state index in [1.807, 2.05) is 24.3 Å². The van der Waals surface area contributed by atoms with Crippen molar-refractivity contribution in [3.05, 3.63) is 24.3 Å². The van der Waals surface area contributed by atoms with Crippen LogP contribution in [0, 0.1) is 5.92 Å². The standard InChI is InChI=1S/C20H31NO2/c1-2-3-4-5-9-16-23-19-14-12-18(13-15-19)21-20(22)17-10-7-6-8-11-17/h12-15,17H,2-11,16H2,1H3,(H,21,22). The van der Waals surface area contributed by atoms with Crippen molar-refractivity contribution in [2.45, 2.75) is 71.1 Å². The van der Waals surface area contributed by atoms with Gasteiger partial charge in [-0.2, -0.15) is 0 Å². The fourth-order valence-electron chi connectivity index (χ4n) is 3.14. The highest BCUT2D eigenvalue weighted by Gasteiger charge is 2.20. The molecule has 1 aromatic carbocycles. The second-order valence-electron chi connectivity index (χ2n) is 6.61. The minimum atomic E-state index is 0.175. The molecule has 0 radical (unpaired) electrons. The molecule has 1 aromatic rings. The molecule has 3 nitrogen and oxygen atoms in total. The van der Waals surface area contributed by atoms with Gasteiger partial charge in [0.2, 0.25) is 5.91 Å². The third kappa shape index (κ3) is 6.64. The van der Waals surface area contributed by atoms with Crippen LogP contribution in [0.25, 0.3) is 0 Å². The van der Waals surface area contributed by atoms with E-state index in [1.165, 1.54) is 44.9 Å². The number of anilines is 1. The SMILES string of the molecule is CCCCCCCOc1ccc(NC(=O)C2CCCCC2)cc1. The molecule has 1 amide bonds. The summed E-state index contributed by atoms with van der Waals surface area (Å²) in [6.45, 7) is 3.00. The molecule has 0 atom stereocenters. The minimum absolute atomic E-state index is 0.175. The highest BCUT2D eigenvalue weighted by Crippen LogP contribution is 2.25.